The maximum Gasteiger partial charge on any atom is 0.162 e. The summed E-state index contributed by atoms with van der Waals surface area (Å²) in [6, 6.07) is 7.55. The van der Waals surface area contributed by atoms with Crippen molar-refractivity contribution in [1.29, 1.82) is 0 Å². The molecule has 0 aliphatic heterocycles. The average Bonchev–Trinajstić information content (AvgIpc) is 2.29. The van der Waals surface area contributed by atoms with Gasteiger partial charge in [-0.25, -0.2) is 9.97 Å². The van der Waals surface area contributed by atoms with Gasteiger partial charge in [0.05, 0.1) is 5.56 Å². The van der Waals surface area contributed by atoms with E-state index in [-0.39, 0.29) is 5.82 Å². The number of nitrogen functional groups attached to an aromatic ring is 1. The van der Waals surface area contributed by atoms with Gasteiger partial charge in [0, 0.05) is 16.2 Å². The smallest absolute Gasteiger partial charge is 0.162 e. The molecule has 0 amide bonds. The maximum absolute atomic E-state index is 10.6. The molecular formula is C11H8BrN3O. The van der Waals surface area contributed by atoms with E-state index in [1.165, 1.54) is 6.20 Å². The molecule has 0 fully saturated rings. The van der Waals surface area contributed by atoms with Crippen LogP contribution in [0.1, 0.15) is 10.4 Å². The predicted octanol–water partition coefficient (Wildman–Crippen LogP) is 2.30. The monoisotopic (exact) mass is 277 g/mol. The Hall–Kier alpha value is -1.75. The van der Waals surface area contributed by atoms with Gasteiger partial charge in [-0.1, -0.05) is 34.1 Å². The van der Waals surface area contributed by atoms with Crippen molar-refractivity contribution in [3.8, 4) is 11.4 Å². The first-order chi connectivity index (χ1) is 7.72. The quantitative estimate of drug-likeness (QED) is 0.856. The van der Waals surface area contributed by atoms with Gasteiger partial charge >= 0.3 is 0 Å². The first-order valence-corrected chi connectivity index (χ1v) is 5.34. The van der Waals surface area contributed by atoms with Gasteiger partial charge in [0.15, 0.2) is 12.1 Å². The van der Waals surface area contributed by atoms with Gasteiger partial charge in [-0.05, 0) is 6.07 Å². The number of aromatic nitrogens is 2. The number of anilines is 1. The molecule has 2 rings (SSSR count). The van der Waals surface area contributed by atoms with Crippen LogP contribution >= 0.6 is 15.9 Å². The Balaban J connectivity index is 2.54. The predicted molar refractivity (Wildman–Crippen MR) is 65.0 cm³/mol. The van der Waals surface area contributed by atoms with E-state index in [1.54, 1.807) is 0 Å². The number of aldehydes is 1. The van der Waals surface area contributed by atoms with Crippen LogP contribution in [0.3, 0.4) is 0 Å². The van der Waals surface area contributed by atoms with E-state index in [4.69, 9.17) is 5.73 Å². The molecule has 80 valence electrons. The molecule has 1 aromatic heterocycles. The van der Waals surface area contributed by atoms with Crippen molar-refractivity contribution in [2.75, 3.05) is 5.73 Å². The van der Waals surface area contributed by atoms with E-state index < -0.39 is 0 Å². The van der Waals surface area contributed by atoms with Gasteiger partial charge in [-0.2, -0.15) is 0 Å². The molecule has 0 atom stereocenters. The summed E-state index contributed by atoms with van der Waals surface area (Å²) in [5.74, 6) is 0.686. The van der Waals surface area contributed by atoms with Crippen LogP contribution in [-0.2, 0) is 0 Å². The topological polar surface area (TPSA) is 68.9 Å². The van der Waals surface area contributed by atoms with Crippen LogP contribution < -0.4 is 5.73 Å². The van der Waals surface area contributed by atoms with E-state index in [0.717, 1.165) is 10.0 Å². The molecule has 1 aromatic carbocycles. The molecule has 1 heterocycles. The van der Waals surface area contributed by atoms with Crippen molar-refractivity contribution < 1.29 is 4.79 Å². The minimum atomic E-state index is 0.191. The number of nitrogens with zero attached hydrogens (tertiary/aromatic N) is 2. The van der Waals surface area contributed by atoms with Crippen LogP contribution in [0.25, 0.3) is 11.4 Å². The summed E-state index contributed by atoms with van der Waals surface area (Å²) in [5, 5.41) is 0. The van der Waals surface area contributed by atoms with Crippen molar-refractivity contribution in [1.82, 2.24) is 9.97 Å². The highest BCUT2D eigenvalue weighted by Crippen LogP contribution is 2.25. The Morgan fingerprint density at radius 3 is 2.69 bits per heavy atom. The van der Waals surface area contributed by atoms with Crippen LogP contribution in [0.5, 0.6) is 0 Å². The van der Waals surface area contributed by atoms with Crippen molar-refractivity contribution in [2.45, 2.75) is 0 Å². The number of benzene rings is 1. The average molecular weight is 278 g/mol. The summed E-state index contributed by atoms with van der Waals surface area (Å²) >= 11 is 3.40. The number of hydrogen-bond acceptors (Lipinski definition) is 4. The first-order valence-electron chi connectivity index (χ1n) is 4.55. The Kier molecular flexibility index (Phi) is 2.96. The summed E-state index contributed by atoms with van der Waals surface area (Å²) in [6.07, 6.45) is 2.06. The molecule has 2 N–H and O–H groups in total. The van der Waals surface area contributed by atoms with Crippen molar-refractivity contribution in [3.63, 3.8) is 0 Å². The van der Waals surface area contributed by atoms with E-state index in [9.17, 15) is 4.79 Å². The van der Waals surface area contributed by atoms with Crippen LogP contribution in [0, 0.1) is 0 Å². The number of hydrogen-bond donors (Lipinski definition) is 1. The van der Waals surface area contributed by atoms with E-state index in [1.807, 2.05) is 24.3 Å². The summed E-state index contributed by atoms with van der Waals surface area (Å²) in [6.45, 7) is 0. The summed E-state index contributed by atoms with van der Waals surface area (Å²) < 4.78 is 0.883. The Labute approximate surface area is 101 Å². The highest BCUT2D eigenvalue weighted by atomic mass is 79.9. The summed E-state index contributed by atoms with van der Waals surface area (Å²) in [7, 11) is 0. The molecule has 16 heavy (non-hydrogen) atoms. The minimum Gasteiger partial charge on any atom is -0.383 e. The Morgan fingerprint density at radius 1 is 1.31 bits per heavy atom. The molecule has 0 spiro atoms. The Morgan fingerprint density at radius 2 is 2.06 bits per heavy atom. The van der Waals surface area contributed by atoms with E-state index >= 15 is 0 Å². The normalized spacial score (nSPS) is 10.1. The van der Waals surface area contributed by atoms with Crippen molar-refractivity contribution >= 4 is 28.0 Å². The molecule has 0 aliphatic rings. The minimum absolute atomic E-state index is 0.191. The number of carbonyl (C=O) groups excluding carboxylic acids is 1. The molecule has 0 saturated carbocycles. The van der Waals surface area contributed by atoms with Crippen molar-refractivity contribution in [2.24, 2.45) is 0 Å². The van der Waals surface area contributed by atoms with Gasteiger partial charge in [0.2, 0.25) is 0 Å². The fraction of sp³-hybridized carbons (Fsp3) is 0. The molecule has 0 unspecified atom stereocenters. The van der Waals surface area contributed by atoms with Gasteiger partial charge in [-0.3, -0.25) is 4.79 Å². The van der Waals surface area contributed by atoms with Crippen LogP contribution in [0.2, 0.25) is 0 Å². The van der Waals surface area contributed by atoms with Gasteiger partial charge in [-0.15, -0.1) is 0 Å². The molecular weight excluding hydrogens is 270 g/mol. The molecule has 0 aliphatic carbocycles. The van der Waals surface area contributed by atoms with E-state index in [2.05, 4.69) is 25.9 Å². The van der Waals surface area contributed by atoms with Crippen molar-refractivity contribution in [3.05, 3.63) is 40.5 Å². The van der Waals surface area contributed by atoms with Gasteiger partial charge in [0.25, 0.3) is 0 Å². The zero-order valence-electron chi connectivity index (χ0n) is 8.22. The van der Waals surface area contributed by atoms with Crippen LogP contribution in [0.4, 0.5) is 5.82 Å². The molecule has 0 radical (unpaired) electrons. The lowest BCUT2D eigenvalue weighted by atomic mass is 10.2. The Bertz CT molecular complexity index is 543. The lowest BCUT2D eigenvalue weighted by Crippen LogP contribution is -2.00. The third-order valence-corrected chi connectivity index (χ3v) is 2.78. The van der Waals surface area contributed by atoms with Gasteiger partial charge in [0.1, 0.15) is 5.82 Å². The molecule has 0 bridgehead atoms. The maximum atomic E-state index is 10.6. The summed E-state index contributed by atoms with van der Waals surface area (Å²) in [5.41, 5.74) is 6.76. The van der Waals surface area contributed by atoms with Crippen LogP contribution in [0.15, 0.2) is 34.9 Å². The fourth-order valence-corrected chi connectivity index (χ4v) is 1.73. The van der Waals surface area contributed by atoms with Gasteiger partial charge < -0.3 is 5.73 Å². The first kappa shape index (κ1) is 10.8. The SMILES string of the molecule is Nc1nc(-c2ccccc2Br)ncc1C=O. The van der Waals surface area contributed by atoms with E-state index in [0.29, 0.717) is 17.7 Å². The highest BCUT2D eigenvalue weighted by molar-refractivity contribution is 9.10. The highest BCUT2D eigenvalue weighted by Gasteiger charge is 2.07. The number of nitrogens with two attached hydrogens (primary N) is 1. The fourth-order valence-electron chi connectivity index (χ4n) is 1.27. The van der Waals surface area contributed by atoms with Crippen LogP contribution in [-0.4, -0.2) is 16.3 Å². The third kappa shape index (κ3) is 1.94. The molecule has 5 heteroatoms. The second kappa shape index (κ2) is 4.40. The molecule has 0 saturated heterocycles. The number of carbonyl (C=O) groups is 1. The summed E-state index contributed by atoms with van der Waals surface area (Å²) in [4.78, 5) is 18.7. The standard InChI is InChI=1S/C11H8BrN3O/c12-9-4-2-1-3-8(9)11-14-5-7(6-16)10(13)15-11/h1-6H,(H2,13,14,15). The largest absolute Gasteiger partial charge is 0.383 e. The second-order valence-electron chi connectivity index (χ2n) is 3.13. The number of rotatable bonds is 2. The lowest BCUT2D eigenvalue weighted by molar-refractivity contribution is 0.112. The number of halogens is 1. The molecule has 4 nitrogen and oxygen atoms in total. The zero-order valence-corrected chi connectivity index (χ0v) is 9.81. The zero-order chi connectivity index (χ0) is 11.5. The second-order valence-corrected chi connectivity index (χ2v) is 3.99. The lowest BCUT2D eigenvalue weighted by Gasteiger charge is -2.04. The third-order valence-electron chi connectivity index (χ3n) is 2.09. The molecule has 2 aromatic rings.